The third kappa shape index (κ3) is 6.82. The topological polar surface area (TPSA) is 68.3 Å². The maximum Gasteiger partial charge on any atom is 0.416 e. The fourth-order valence-corrected chi connectivity index (χ4v) is 6.32. The van der Waals surface area contributed by atoms with Gasteiger partial charge in [0, 0.05) is 51.1 Å². The van der Waals surface area contributed by atoms with Gasteiger partial charge in [-0.3, -0.25) is 14.5 Å². The van der Waals surface area contributed by atoms with Crippen molar-refractivity contribution in [1.29, 1.82) is 0 Å². The van der Waals surface area contributed by atoms with Gasteiger partial charge in [-0.2, -0.15) is 13.2 Å². The number of ether oxygens (including phenoxy) is 3. The number of benzene rings is 3. The zero-order valence-corrected chi connectivity index (χ0v) is 24.4. The molecule has 44 heavy (non-hydrogen) atoms. The number of rotatable bonds is 7. The molecule has 0 bridgehead atoms. The highest BCUT2D eigenvalue weighted by Gasteiger charge is 2.40. The lowest BCUT2D eigenvalue weighted by Crippen LogP contribution is -2.48. The first-order chi connectivity index (χ1) is 21.2. The van der Waals surface area contributed by atoms with E-state index in [2.05, 4.69) is 4.90 Å². The van der Waals surface area contributed by atoms with Crippen LogP contribution in [0.5, 0.6) is 11.5 Å². The van der Waals surface area contributed by atoms with E-state index in [4.69, 9.17) is 14.2 Å². The minimum Gasteiger partial charge on any atom is -0.457 e. The molecule has 1 amide bonds. The van der Waals surface area contributed by atoms with Crippen LogP contribution in [0.4, 0.5) is 13.2 Å². The van der Waals surface area contributed by atoms with Crippen LogP contribution in [0.3, 0.4) is 0 Å². The molecular formula is C34H35F3N2O5. The fourth-order valence-electron chi connectivity index (χ4n) is 6.32. The molecule has 2 saturated heterocycles. The summed E-state index contributed by atoms with van der Waals surface area (Å²) in [5.41, 5.74) is 2.26. The van der Waals surface area contributed by atoms with Gasteiger partial charge in [0.05, 0.1) is 24.3 Å². The van der Waals surface area contributed by atoms with Gasteiger partial charge in [0.1, 0.15) is 11.5 Å². The Balaban J connectivity index is 1.01. The number of carbonyl (C=O) groups excluding carboxylic acids is 2. The second-order valence-corrected chi connectivity index (χ2v) is 11.7. The van der Waals surface area contributed by atoms with Crippen LogP contribution in [0.2, 0.25) is 0 Å². The summed E-state index contributed by atoms with van der Waals surface area (Å²) in [5, 5.41) is 0. The lowest BCUT2D eigenvalue weighted by molar-refractivity contribution is -0.178. The zero-order chi connectivity index (χ0) is 30.7. The van der Waals surface area contributed by atoms with Gasteiger partial charge >= 0.3 is 6.18 Å². The second kappa shape index (κ2) is 12.7. The standard InChI is InChI=1S/C34H35F3N2O5/c35-34(36,37)29-6-1-24(2-7-29)22-38-15-17-39(18-16-38)32(41)26-3-8-30(9-4-26)44-31-10-5-27(21-28(31)23-40)25-11-13-33(14-12-25)42-19-20-43-33/h1-10,21,23,25H,11-20,22H2. The Bertz CT molecular complexity index is 1450. The number of alkyl halides is 3. The van der Waals surface area contributed by atoms with Crippen molar-refractivity contribution in [2.75, 3.05) is 39.4 Å². The smallest absolute Gasteiger partial charge is 0.416 e. The molecule has 1 spiro atoms. The number of hydrogen-bond acceptors (Lipinski definition) is 6. The van der Waals surface area contributed by atoms with E-state index in [1.807, 2.05) is 18.2 Å². The minimum absolute atomic E-state index is 0.0914. The summed E-state index contributed by atoms with van der Waals surface area (Å²) in [4.78, 5) is 29.0. The molecule has 0 radical (unpaired) electrons. The Labute approximate surface area is 254 Å². The molecule has 10 heteroatoms. The van der Waals surface area contributed by atoms with Gasteiger partial charge in [0.2, 0.25) is 0 Å². The monoisotopic (exact) mass is 608 g/mol. The summed E-state index contributed by atoms with van der Waals surface area (Å²) in [6, 6.07) is 17.8. The van der Waals surface area contributed by atoms with E-state index in [1.165, 1.54) is 12.1 Å². The second-order valence-electron chi connectivity index (χ2n) is 11.7. The molecule has 3 aliphatic rings. The fraction of sp³-hybridized carbons (Fsp3) is 0.412. The summed E-state index contributed by atoms with van der Waals surface area (Å²) in [6.07, 6.45) is 0.0109. The first-order valence-electron chi connectivity index (χ1n) is 15.0. The number of carbonyl (C=O) groups is 2. The number of hydrogen-bond donors (Lipinski definition) is 0. The lowest BCUT2D eigenvalue weighted by Gasteiger charge is -2.35. The number of piperazine rings is 1. The SMILES string of the molecule is O=Cc1cc(C2CCC3(CC2)OCCO3)ccc1Oc1ccc(C(=O)N2CCN(Cc3ccc(C(F)(F)F)cc3)CC2)cc1. The Kier molecular flexibility index (Phi) is 8.75. The maximum absolute atomic E-state index is 13.1. The highest BCUT2D eigenvalue weighted by molar-refractivity contribution is 5.94. The van der Waals surface area contributed by atoms with Gasteiger partial charge < -0.3 is 19.1 Å². The van der Waals surface area contributed by atoms with E-state index in [9.17, 15) is 22.8 Å². The van der Waals surface area contributed by atoms with Crippen LogP contribution < -0.4 is 4.74 Å². The third-order valence-electron chi connectivity index (χ3n) is 8.87. The molecule has 3 aromatic rings. The number of amides is 1. The van der Waals surface area contributed by atoms with Gasteiger partial charge in [-0.05, 0) is 78.4 Å². The van der Waals surface area contributed by atoms with Gasteiger partial charge in [0.15, 0.2) is 12.1 Å². The molecule has 7 nitrogen and oxygen atoms in total. The van der Waals surface area contributed by atoms with Gasteiger partial charge in [-0.25, -0.2) is 0 Å². The Morgan fingerprint density at radius 1 is 0.909 bits per heavy atom. The summed E-state index contributed by atoms with van der Waals surface area (Å²) in [5.74, 6) is 0.799. The number of nitrogens with zero attached hydrogens (tertiary/aromatic N) is 2. The van der Waals surface area contributed by atoms with E-state index in [-0.39, 0.29) is 5.91 Å². The van der Waals surface area contributed by atoms with E-state index in [1.54, 1.807) is 29.2 Å². The molecule has 1 saturated carbocycles. The van der Waals surface area contributed by atoms with Gasteiger partial charge in [-0.1, -0.05) is 18.2 Å². The molecule has 3 aromatic carbocycles. The van der Waals surface area contributed by atoms with Crippen molar-refractivity contribution in [2.24, 2.45) is 0 Å². The van der Waals surface area contributed by atoms with Gasteiger partial charge in [0.25, 0.3) is 5.91 Å². The van der Waals surface area contributed by atoms with Crippen molar-refractivity contribution in [1.82, 2.24) is 9.80 Å². The molecule has 2 aliphatic heterocycles. The van der Waals surface area contributed by atoms with Crippen molar-refractivity contribution in [2.45, 2.75) is 50.1 Å². The zero-order valence-electron chi connectivity index (χ0n) is 24.4. The Morgan fingerprint density at radius 2 is 1.57 bits per heavy atom. The van der Waals surface area contributed by atoms with Crippen molar-refractivity contribution in [3.63, 3.8) is 0 Å². The molecule has 1 aliphatic carbocycles. The molecule has 3 fully saturated rings. The molecular weight excluding hydrogens is 573 g/mol. The average molecular weight is 609 g/mol. The van der Waals surface area contributed by atoms with E-state index in [0.717, 1.165) is 55.2 Å². The average Bonchev–Trinajstić information content (AvgIpc) is 3.49. The van der Waals surface area contributed by atoms with Gasteiger partial charge in [-0.15, -0.1) is 0 Å². The molecule has 0 unspecified atom stereocenters. The first-order valence-corrected chi connectivity index (χ1v) is 15.0. The molecule has 6 rings (SSSR count). The van der Waals surface area contributed by atoms with E-state index < -0.39 is 17.5 Å². The van der Waals surface area contributed by atoms with Crippen molar-refractivity contribution in [3.05, 3.63) is 94.5 Å². The Hall–Kier alpha value is -3.73. The van der Waals surface area contributed by atoms with Crippen LogP contribution in [0.1, 0.15) is 69.0 Å². The predicted molar refractivity (Wildman–Crippen MR) is 157 cm³/mol. The molecule has 0 atom stereocenters. The Morgan fingerprint density at radius 3 is 2.18 bits per heavy atom. The van der Waals surface area contributed by atoms with Crippen molar-refractivity contribution in [3.8, 4) is 11.5 Å². The summed E-state index contributed by atoms with van der Waals surface area (Å²) in [6.45, 7) is 4.12. The lowest BCUT2D eigenvalue weighted by atomic mass is 9.80. The molecule has 2 heterocycles. The van der Waals surface area contributed by atoms with Crippen LogP contribution in [0.25, 0.3) is 0 Å². The van der Waals surface area contributed by atoms with Crippen LogP contribution in [-0.2, 0) is 22.2 Å². The maximum atomic E-state index is 13.1. The predicted octanol–water partition coefficient (Wildman–Crippen LogP) is 6.67. The highest BCUT2D eigenvalue weighted by atomic mass is 19.4. The van der Waals surface area contributed by atoms with Crippen molar-refractivity contribution < 1.29 is 37.0 Å². The van der Waals surface area contributed by atoms with E-state index in [0.29, 0.717) is 74.5 Å². The summed E-state index contributed by atoms with van der Waals surface area (Å²) < 4.78 is 56.2. The number of halogens is 3. The molecule has 0 N–H and O–H groups in total. The van der Waals surface area contributed by atoms with Crippen molar-refractivity contribution >= 4 is 12.2 Å². The molecule has 0 aromatic heterocycles. The number of aldehydes is 1. The summed E-state index contributed by atoms with van der Waals surface area (Å²) in [7, 11) is 0. The molecule has 232 valence electrons. The van der Waals surface area contributed by atoms with Crippen LogP contribution in [-0.4, -0.2) is 67.2 Å². The normalized spacial score (nSPS) is 19.3. The van der Waals surface area contributed by atoms with Crippen LogP contribution in [0, 0.1) is 0 Å². The minimum atomic E-state index is -4.35. The highest BCUT2D eigenvalue weighted by Crippen LogP contribution is 2.43. The van der Waals surface area contributed by atoms with Crippen LogP contribution in [0.15, 0.2) is 66.7 Å². The van der Waals surface area contributed by atoms with E-state index >= 15 is 0 Å². The van der Waals surface area contributed by atoms with Crippen LogP contribution >= 0.6 is 0 Å². The first kappa shape index (κ1) is 30.3. The summed E-state index contributed by atoms with van der Waals surface area (Å²) >= 11 is 0. The largest absolute Gasteiger partial charge is 0.457 e. The third-order valence-corrected chi connectivity index (χ3v) is 8.87. The quantitative estimate of drug-likeness (QED) is 0.279.